The maximum absolute atomic E-state index is 12.7. The van der Waals surface area contributed by atoms with Crippen LogP contribution in [-0.2, 0) is 15.1 Å². The SMILES string of the molecule is O=C(O[C@H]1CCN(S(=O)(=O)F)C1)c1ccccc1. The molecule has 1 aromatic carbocycles. The van der Waals surface area contributed by atoms with Crippen molar-refractivity contribution >= 4 is 16.4 Å². The zero-order valence-corrected chi connectivity index (χ0v) is 10.3. The topological polar surface area (TPSA) is 63.7 Å². The van der Waals surface area contributed by atoms with Crippen molar-refractivity contribution in [2.75, 3.05) is 13.1 Å². The number of rotatable bonds is 3. The first-order valence-electron chi connectivity index (χ1n) is 5.42. The lowest BCUT2D eigenvalue weighted by atomic mass is 10.2. The number of halogens is 1. The molecule has 18 heavy (non-hydrogen) atoms. The second kappa shape index (κ2) is 5.03. The number of benzene rings is 1. The Labute approximate surface area is 105 Å². The average molecular weight is 273 g/mol. The Balaban J connectivity index is 1.95. The molecule has 0 aliphatic carbocycles. The second-order valence-corrected chi connectivity index (χ2v) is 5.32. The second-order valence-electron chi connectivity index (χ2n) is 3.98. The lowest BCUT2D eigenvalue weighted by Crippen LogP contribution is -2.28. The molecule has 1 saturated heterocycles. The Bertz CT molecular complexity index is 531. The Hall–Kier alpha value is -1.47. The summed E-state index contributed by atoms with van der Waals surface area (Å²) in [5.74, 6) is -0.529. The van der Waals surface area contributed by atoms with E-state index in [0.717, 1.165) is 0 Å². The Morgan fingerprint density at radius 2 is 2.00 bits per heavy atom. The van der Waals surface area contributed by atoms with E-state index in [1.54, 1.807) is 30.3 Å². The molecule has 2 rings (SSSR count). The van der Waals surface area contributed by atoms with Gasteiger partial charge in [0.25, 0.3) is 0 Å². The van der Waals surface area contributed by atoms with Crippen LogP contribution in [0.15, 0.2) is 30.3 Å². The van der Waals surface area contributed by atoms with Gasteiger partial charge in [-0.1, -0.05) is 22.1 Å². The number of esters is 1. The molecule has 0 unspecified atom stereocenters. The molecule has 0 bridgehead atoms. The van der Waals surface area contributed by atoms with Crippen molar-refractivity contribution in [1.29, 1.82) is 0 Å². The van der Waals surface area contributed by atoms with Crippen molar-refractivity contribution in [1.82, 2.24) is 4.31 Å². The van der Waals surface area contributed by atoms with Crippen LogP contribution in [0, 0.1) is 0 Å². The molecule has 1 aromatic rings. The molecule has 1 fully saturated rings. The van der Waals surface area contributed by atoms with Crippen molar-refractivity contribution in [3.8, 4) is 0 Å². The van der Waals surface area contributed by atoms with Crippen LogP contribution in [0.5, 0.6) is 0 Å². The van der Waals surface area contributed by atoms with Crippen LogP contribution in [0.4, 0.5) is 3.89 Å². The molecule has 0 spiro atoms. The van der Waals surface area contributed by atoms with Crippen molar-refractivity contribution in [2.45, 2.75) is 12.5 Å². The van der Waals surface area contributed by atoms with Crippen molar-refractivity contribution in [3.05, 3.63) is 35.9 Å². The van der Waals surface area contributed by atoms with Gasteiger partial charge in [0.05, 0.1) is 12.1 Å². The first-order chi connectivity index (χ1) is 8.47. The molecular formula is C11H12FNO4S. The molecule has 1 aliphatic rings. The van der Waals surface area contributed by atoms with Gasteiger partial charge in [0.2, 0.25) is 0 Å². The fourth-order valence-corrected chi connectivity index (χ4v) is 2.45. The Morgan fingerprint density at radius 3 is 2.56 bits per heavy atom. The maximum atomic E-state index is 12.7. The fraction of sp³-hybridized carbons (Fsp3) is 0.364. The molecule has 1 aliphatic heterocycles. The summed E-state index contributed by atoms with van der Waals surface area (Å²) in [4.78, 5) is 11.7. The van der Waals surface area contributed by atoms with Gasteiger partial charge in [-0.2, -0.15) is 12.7 Å². The van der Waals surface area contributed by atoms with Crippen LogP contribution in [0.2, 0.25) is 0 Å². The minimum Gasteiger partial charge on any atom is -0.457 e. The Kier molecular flexibility index (Phi) is 3.63. The van der Waals surface area contributed by atoms with Crippen LogP contribution < -0.4 is 0 Å². The zero-order valence-electron chi connectivity index (χ0n) is 9.45. The van der Waals surface area contributed by atoms with E-state index in [-0.39, 0.29) is 13.1 Å². The number of nitrogens with zero attached hydrogens (tertiary/aromatic N) is 1. The predicted molar refractivity (Wildman–Crippen MR) is 61.9 cm³/mol. The molecule has 98 valence electrons. The monoisotopic (exact) mass is 273 g/mol. The van der Waals surface area contributed by atoms with E-state index in [4.69, 9.17) is 4.74 Å². The molecule has 1 heterocycles. The van der Waals surface area contributed by atoms with E-state index >= 15 is 0 Å². The summed E-state index contributed by atoms with van der Waals surface area (Å²) in [5, 5.41) is 0. The number of hydrogen-bond acceptors (Lipinski definition) is 4. The lowest BCUT2D eigenvalue weighted by molar-refractivity contribution is 0.0333. The van der Waals surface area contributed by atoms with Crippen molar-refractivity contribution in [2.24, 2.45) is 0 Å². The van der Waals surface area contributed by atoms with Gasteiger partial charge in [-0.15, -0.1) is 0 Å². The third-order valence-electron chi connectivity index (χ3n) is 2.70. The fourth-order valence-electron chi connectivity index (χ4n) is 1.79. The van der Waals surface area contributed by atoms with Crippen molar-refractivity contribution in [3.63, 3.8) is 0 Å². The maximum Gasteiger partial charge on any atom is 0.374 e. The number of carbonyl (C=O) groups is 1. The number of ether oxygens (including phenoxy) is 1. The summed E-state index contributed by atoms with van der Waals surface area (Å²) in [5.41, 5.74) is 0.388. The van der Waals surface area contributed by atoms with Gasteiger partial charge in [-0.25, -0.2) is 4.79 Å². The quantitative estimate of drug-likeness (QED) is 0.612. The first kappa shape index (κ1) is 13.0. The van der Waals surface area contributed by atoms with E-state index < -0.39 is 22.5 Å². The normalized spacial score (nSPS) is 20.8. The molecular weight excluding hydrogens is 261 g/mol. The standard InChI is InChI=1S/C11H12FNO4S/c12-18(15,16)13-7-6-10(8-13)17-11(14)9-4-2-1-3-5-9/h1-5,10H,6-8H2/t10-/m0/s1. The summed E-state index contributed by atoms with van der Waals surface area (Å²) >= 11 is 0. The minimum absolute atomic E-state index is 0.0333. The Morgan fingerprint density at radius 1 is 1.33 bits per heavy atom. The molecule has 0 N–H and O–H groups in total. The van der Waals surface area contributed by atoms with Gasteiger partial charge in [-0.3, -0.25) is 0 Å². The molecule has 7 heteroatoms. The van der Waals surface area contributed by atoms with E-state index in [9.17, 15) is 17.1 Å². The van der Waals surface area contributed by atoms with Gasteiger partial charge >= 0.3 is 16.4 Å². The average Bonchev–Trinajstić information content (AvgIpc) is 2.78. The van der Waals surface area contributed by atoms with Gasteiger partial charge < -0.3 is 4.74 Å². The van der Waals surface area contributed by atoms with E-state index in [0.29, 0.717) is 16.3 Å². The number of carbonyl (C=O) groups excluding carboxylic acids is 1. The zero-order chi connectivity index (χ0) is 13.2. The van der Waals surface area contributed by atoms with Crippen LogP contribution in [0.1, 0.15) is 16.8 Å². The van der Waals surface area contributed by atoms with Gasteiger partial charge in [0, 0.05) is 6.54 Å². The summed E-state index contributed by atoms with van der Waals surface area (Å²) in [7, 11) is -4.69. The van der Waals surface area contributed by atoms with Gasteiger partial charge in [-0.05, 0) is 18.6 Å². The highest BCUT2D eigenvalue weighted by molar-refractivity contribution is 7.83. The van der Waals surface area contributed by atoms with E-state index in [1.807, 2.05) is 0 Å². The predicted octanol–water partition coefficient (Wildman–Crippen LogP) is 1.13. The molecule has 5 nitrogen and oxygen atoms in total. The van der Waals surface area contributed by atoms with Gasteiger partial charge in [0.1, 0.15) is 6.10 Å². The van der Waals surface area contributed by atoms with Crippen LogP contribution in [0.3, 0.4) is 0 Å². The van der Waals surface area contributed by atoms with E-state index in [1.165, 1.54) is 0 Å². The summed E-state index contributed by atoms with van der Waals surface area (Å²) in [6.45, 7) is -0.0943. The van der Waals surface area contributed by atoms with Crippen LogP contribution in [0.25, 0.3) is 0 Å². The van der Waals surface area contributed by atoms with E-state index in [2.05, 4.69) is 0 Å². The third kappa shape index (κ3) is 3.05. The molecule has 0 aromatic heterocycles. The first-order valence-corrected chi connectivity index (χ1v) is 6.76. The van der Waals surface area contributed by atoms with Crippen molar-refractivity contribution < 1.29 is 21.8 Å². The van der Waals surface area contributed by atoms with Gasteiger partial charge in [0.15, 0.2) is 0 Å². The van der Waals surface area contributed by atoms with Crippen LogP contribution in [-0.4, -0.2) is 37.9 Å². The largest absolute Gasteiger partial charge is 0.457 e. The smallest absolute Gasteiger partial charge is 0.374 e. The minimum atomic E-state index is -4.69. The number of hydrogen-bond donors (Lipinski definition) is 0. The lowest BCUT2D eigenvalue weighted by Gasteiger charge is -2.12. The highest BCUT2D eigenvalue weighted by atomic mass is 32.3. The highest BCUT2D eigenvalue weighted by Crippen LogP contribution is 2.18. The third-order valence-corrected chi connectivity index (χ3v) is 3.65. The highest BCUT2D eigenvalue weighted by Gasteiger charge is 2.33. The molecule has 0 amide bonds. The molecule has 0 radical (unpaired) electrons. The summed E-state index contributed by atoms with van der Waals surface area (Å²) < 4.78 is 39.8. The van der Waals surface area contributed by atoms with Crippen LogP contribution >= 0.6 is 0 Å². The molecule has 1 atom stereocenters. The molecule has 0 saturated carbocycles. The summed E-state index contributed by atoms with van der Waals surface area (Å²) in [6.07, 6.45) is -0.287. The summed E-state index contributed by atoms with van der Waals surface area (Å²) in [6, 6.07) is 8.36.